The maximum atomic E-state index is 10.9. The molecule has 0 aromatic carbocycles. The van der Waals surface area contributed by atoms with Crippen LogP contribution in [0.2, 0.25) is 0 Å². The van der Waals surface area contributed by atoms with Crippen LogP contribution in [-0.2, 0) is 24.2 Å². The van der Waals surface area contributed by atoms with E-state index in [1.807, 2.05) is 4.57 Å². The van der Waals surface area contributed by atoms with E-state index in [0.29, 0.717) is 26.0 Å². The van der Waals surface area contributed by atoms with Crippen LogP contribution < -0.4 is 4.74 Å². The minimum Gasteiger partial charge on any atom is -0.481 e. The molecule has 0 radical (unpaired) electrons. The van der Waals surface area contributed by atoms with Crippen molar-refractivity contribution in [3.05, 3.63) is 11.5 Å². The third-order valence-corrected chi connectivity index (χ3v) is 3.12. The number of ether oxygens (including phenoxy) is 1. The fourth-order valence-corrected chi connectivity index (χ4v) is 2.31. The second kappa shape index (κ2) is 2.98. The third-order valence-electron chi connectivity index (χ3n) is 3.12. The number of carboxylic acid groups (broad SMARTS) is 1. The predicted molar refractivity (Wildman–Crippen MR) is 50.9 cm³/mol. The summed E-state index contributed by atoms with van der Waals surface area (Å²) in [5.41, 5.74) is 0.996. The lowest BCUT2D eigenvalue weighted by molar-refractivity contribution is -0.142. The van der Waals surface area contributed by atoms with Crippen molar-refractivity contribution in [2.24, 2.45) is 5.92 Å². The molecule has 0 fully saturated rings. The Morgan fingerprint density at radius 3 is 3.27 bits per heavy atom. The molecule has 0 spiro atoms. The minimum atomic E-state index is -0.717. The van der Waals surface area contributed by atoms with Gasteiger partial charge in [-0.15, -0.1) is 0 Å². The van der Waals surface area contributed by atoms with Gasteiger partial charge in [-0.25, -0.2) is 4.98 Å². The van der Waals surface area contributed by atoms with Crippen LogP contribution >= 0.6 is 0 Å². The highest BCUT2D eigenvalue weighted by atomic mass is 16.5. The van der Waals surface area contributed by atoms with Crippen molar-refractivity contribution < 1.29 is 14.6 Å². The van der Waals surface area contributed by atoms with Gasteiger partial charge >= 0.3 is 5.97 Å². The van der Waals surface area contributed by atoms with Gasteiger partial charge in [0.1, 0.15) is 11.5 Å². The topological polar surface area (TPSA) is 64.3 Å². The molecule has 80 valence electrons. The van der Waals surface area contributed by atoms with Crippen LogP contribution in [0.4, 0.5) is 0 Å². The average molecular weight is 208 g/mol. The molecule has 3 rings (SSSR count). The number of aliphatic carboxylic acids is 1. The first-order valence-electron chi connectivity index (χ1n) is 5.19. The zero-order valence-corrected chi connectivity index (χ0v) is 8.27. The van der Waals surface area contributed by atoms with E-state index >= 15 is 0 Å². The van der Waals surface area contributed by atoms with Crippen LogP contribution in [0.5, 0.6) is 5.88 Å². The predicted octanol–water partition coefficient (Wildman–Crippen LogP) is 0.465. The molecule has 5 nitrogen and oxygen atoms in total. The van der Waals surface area contributed by atoms with Crippen LogP contribution in [0.25, 0.3) is 0 Å². The van der Waals surface area contributed by atoms with Crippen molar-refractivity contribution >= 4 is 5.97 Å². The first-order valence-corrected chi connectivity index (χ1v) is 5.19. The summed E-state index contributed by atoms with van der Waals surface area (Å²) in [5.74, 6) is 0.748. The van der Waals surface area contributed by atoms with E-state index in [1.165, 1.54) is 0 Å². The van der Waals surface area contributed by atoms with Gasteiger partial charge in [0, 0.05) is 19.4 Å². The van der Waals surface area contributed by atoms with E-state index in [2.05, 4.69) is 4.98 Å². The van der Waals surface area contributed by atoms with Crippen LogP contribution in [0.15, 0.2) is 0 Å². The summed E-state index contributed by atoms with van der Waals surface area (Å²) in [6.07, 6.45) is 2.06. The third kappa shape index (κ3) is 1.22. The van der Waals surface area contributed by atoms with E-state index in [0.717, 1.165) is 23.8 Å². The molecule has 3 heterocycles. The lowest BCUT2D eigenvalue weighted by Crippen LogP contribution is -2.26. The molecule has 1 atom stereocenters. The molecular weight excluding hydrogens is 196 g/mol. The quantitative estimate of drug-likeness (QED) is 0.728. The molecule has 2 aliphatic heterocycles. The van der Waals surface area contributed by atoms with Crippen molar-refractivity contribution in [2.45, 2.75) is 25.8 Å². The first-order chi connectivity index (χ1) is 7.25. The maximum Gasteiger partial charge on any atom is 0.307 e. The number of hydrogen-bond donors (Lipinski definition) is 1. The molecule has 0 saturated carbocycles. The van der Waals surface area contributed by atoms with Crippen molar-refractivity contribution in [1.29, 1.82) is 0 Å². The molecular formula is C10H12N2O3. The number of nitrogens with zero attached hydrogens (tertiary/aromatic N) is 2. The standard InChI is InChI=1S/C10H12N2O3/c13-10(14)6-1-3-12-8(5-6)11-7-2-4-15-9(7)12/h6H,1-5H2,(H,13,14). The smallest absolute Gasteiger partial charge is 0.307 e. The monoisotopic (exact) mass is 208 g/mol. The van der Waals surface area contributed by atoms with Gasteiger partial charge in [0.05, 0.1) is 12.5 Å². The lowest BCUT2D eigenvalue weighted by atomic mass is 9.98. The Bertz CT molecular complexity index is 425. The van der Waals surface area contributed by atoms with Gasteiger partial charge in [-0.3, -0.25) is 9.36 Å². The molecule has 1 aromatic rings. The largest absolute Gasteiger partial charge is 0.481 e. The molecule has 5 heteroatoms. The Morgan fingerprint density at radius 2 is 2.47 bits per heavy atom. The number of imidazole rings is 1. The fourth-order valence-electron chi connectivity index (χ4n) is 2.31. The highest BCUT2D eigenvalue weighted by Crippen LogP contribution is 2.31. The van der Waals surface area contributed by atoms with Gasteiger partial charge in [-0.1, -0.05) is 0 Å². The van der Waals surface area contributed by atoms with E-state index < -0.39 is 5.97 Å². The molecule has 0 saturated heterocycles. The Labute approximate surface area is 86.7 Å². The lowest BCUT2D eigenvalue weighted by Gasteiger charge is -2.20. The summed E-state index contributed by atoms with van der Waals surface area (Å²) in [5, 5.41) is 8.94. The van der Waals surface area contributed by atoms with Gasteiger partial charge in [-0.2, -0.15) is 0 Å². The number of carboxylic acids is 1. The van der Waals surface area contributed by atoms with Crippen molar-refractivity contribution in [3.63, 3.8) is 0 Å². The number of rotatable bonds is 1. The van der Waals surface area contributed by atoms with E-state index in [4.69, 9.17) is 9.84 Å². The SMILES string of the molecule is O=C(O)C1CCn2c(nc3c2OCC3)C1. The number of hydrogen-bond acceptors (Lipinski definition) is 3. The molecule has 1 aromatic heterocycles. The van der Waals surface area contributed by atoms with E-state index in [9.17, 15) is 4.79 Å². The van der Waals surface area contributed by atoms with E-state index in [1.54, 1.807) is 0 Å². The molecule has 15 heavy (non-hydrogen) atoms. The van der Waals surface area contributed by atoms with Crippen LogP contribution in [0.3, 0.4) is 0 Å². The average Bonchev–Trinajstić information content (AvgIpc) is 2.75. The summed E-state index contributed by atoms with van der Waals surface area (Å²) >= 11 is 0. The van der Waals surface area contributed by atoms with Gasteiger partial charge in [-0.05, 0) is 6.42 Å². The fraction of sp³-hybridized carbons (Fsp3) is 0.600. The molecule has 1 unspecified atom stereocenters. The van der Waals surface area contributed by atoms with Crippen molar-refractivity contribution in [1.82, 2.24) is 9.55 Å². The van der Waals surface area contributed by atoms with Gasteiger partial charge in [0.15, 0.2) is 0 Å². The Morgan fingerprint density at radius 1 is 1.60 bits per heavy atom. The Kier molecular flexibility index (Phi) is 1.74. The minimum absolute atomic E-state index is 0.278. The molecule has 1 N–H and O–H groups in total. The normalized spacial score (nSPS) is 23.1. The highest BCUT2D eigenvalue weighted by molar-refractivity contribution is 5.70. The second-order valence-corrected chi connectivity index (χ2v) is 4.06. The van der Waals surface area contributed by atoms with Crippen molar-refractivity contribution in [3.8, 4) is 5.88 Å². The Hall–Kier alpha value is -1.52. The van der Waals surface area contributed by atoms with Gasteiger partial charge in [0.2, 0.25) is 5.88 Å². The van der Waals surface area contributed by atoms with Crippen LogP contribution in [0, 0.1) is 5.92 Å². The number of fused-ring (bicyclic) bond motifs is 3. The molecule has 2 aliphatic rings. The zero-order chi connectivity index (χ0) is 10.4. The number of aromatic nitrogens is 2. The summed E-state index contributed by atoms with van der Waals surface area (Å²) in [7, 11) is 0. The molecule has 0 aliphatic carbocycles. The molecule has 0 amide bonds. The maximum absolute atomic E-state index is 10.9. The second-order valence-electron chi connectivity index (χ2n) is 4.06. The summed E-state index contributed by atoms with van der Waals surface area (Å²) in [4.78, 5) is 15.3. The Balaban J connectivity index is 1.95. The van der Waals surface area contributed by atoms with Crippen LogP contribution in [-0.4, -0.2) is 27.2 Å². The summed E-state index contributed by atoms with van der Waals surface area (Å²) in [6, 6.07) is 0. The van der Waals surface area contributed by atoms with Crippen LogP contribution in [0.1, 0.15) is 17.9 Å². The van der Waals surface area contributed by atoms with Gasteiger partial charge < -0.3 is 9.84 Å². The van der Waals surface area contributed by atoms with Crippen molar-refractivity contribution in [2.75, 3.05) is 6.61 Å². The first kappa shape index (κ1) is 8.76. The summed E-state index contributed by atoms with van der Waals surface area (Å²) < 4.78 is 7.52. The summed E-state index contributed by atoms with van der Waals surface area (Å²) in [6.45, 7) is 1.43. The zero-order valence-electron chi connectivity index (χ0n) is 8.27. The number of carbonyl (C=O) groups is 1. The van der Waals surface area contributed by atoms with Gasteiger partial charge in [0.25, 0.3) is 0 Å². The highest BCUT2D eigenvalue weighted by Gasteiger charge is 2.30. The molecule has 0 bridgehead atoms. The van der Waals surface area contributed by atoms with E-state index in [-0.39, 0.29) is 5.92 Å².